The van der Waals surface area contributed by atoms with Crippen molar-refractivity contribution in [1.82, 2.24) is 5.01 Å². The third-order valence-electron chi connectivity index (χ3n) is 2.97. The van der Waals surface area contributed by atoms with Crippen molar-refractivity contribution < 1.29 is 0 Å². The van der Waals surface area contributed by atoms with Crippen molar-refractivity contribution in [2.24, 2.45) is 16.4 Å². The average Bonchev–Trinajstić information content (AvgIpc) is 2.45. The van der Waals surface area contributed by atoms with Gasteiger partial charge in [-0.1, -0.05) is 34.1 Å². The van der Waals surface area contributed by atoms with Gasteiger partial charge in [-0.15, -0.1) is 0 Å². The molecule has 1 aliphatic rings. The summed E-state index contributed by atoms with van der Waals surface area (Å²) in [5.41, 5.74) is 0.288. The Bertz CT molecular complexity index is 196. The lowest BCUT2D eigenvalue weighted by atomic mass is 9.96. The van der Waals surface area contributed by atoms with E-state index in [0.29, 0.717) is 0 Å². The summed E-state index contributed by atoms with van der Waals surface area (Å²) in [5.74, 6) is 0.870. The van der Waals surface area contributed by atoms with Gasteiger partial charge in [0.15, 0.2) is 0 Å². The van der Waals surface area contributed by atoms with Crippen molar-refractivity contribution in [2.45, 2.75) is 47.0 Å². The molecule has 1 aliphatic heterocycles. The molecule has 0 amide bonds. The van der Waals surface area contributed by atoms with Gasteiger partial charge in [0, 0.05) is 24.7 Å². The second-order valence-corrected chi connectivity index (χ2v) is 5.28. The Morgan fingerprint density at radius 3 is 2.71 bits per heavy atom. The molecule has 0 radical (unpaired) electrons. The largest absolute Gasteiger partial charge is 0.296 e. The molecule has 0 fully saturated rings. The first kappa shape index (κ1) is 11.5. The monoisotopic (exact) mass is 196 g/mol. The summed E-state index contributed by atoms with van der Waals surface area (Å²) in [7, 11) is 0. The highest BCUT2D eigenvalue weighted by Gasteiger charge is 2.24. The fraction of sp³-hybridized carbons (Fsp3) is 0.917. The summed E-state index contributed by atoms with van der Waals surface area (Å²) in [6.45, 7) is 11.3. The van der Waals surface area contributed by atoms with Gasteiger partial charge >= 0.3 is 0 Å². The zero-order chi connectivity index (χ0) is 10.6. The van der Waals surface area contributed by atoms with Crippen LogP contribution in [0.2, 0.25) is 0 Å². The molecule has 0 N–H and O–H groups in total. The fourth-order valence-corrected chi connectivity index (χ4v) is 1.75. The molecule has 1 heterocycles. The molecule has 2 nitrogen and oxygen atoms in total. The van der Waals surface area contributed by atoms with E-state index in [0.717, 1.165) is 19.0 Å². The van der Waals surface area contributed by atoms with E-state index < -0.39 is 0 Å². The fourth-order valence-electron chi connectivity index (χ4n) is 1.75. The van der Waals surface area contributed by atoms with Crippen LogP contribution in [-0.4, -0.2) is 24.3 Å². The molecule has 14 heavy (non-hydrogen) atoms. The van der Waals surface area contributed by atoms with Crippen molar-refractivity contribution in [3.05, 3.63) is 0 Å². The lowest BCUT2D eigenvalue weighted by Crippen LogP contribution is -2.24. The zero-order valence-corrected chi connectivity index (χ0v) is 10.1. The summed E-state index contributed by atoms with van der Waals surface area (Å²) in [5, 5.41) is 6.63. The molecular formula is C12H24N2. The molecule has 82 valence electrons. The third-order valence-corrected chi connectivity index (χ3v) is 2.97. The standard InChI is InChI=1S/C12H24N2/c1-5-11(2)7-6-8-14-10-12(3,4)9-13-14/h9,11H,5-8,10H2,1-4H3. The van der Waals surface area contributed by atoms with Crippen molar-refractivity contribution in [2.75, 3.05) is 13.1 Å². The molecule has 0 bridgehead atoms. The van der Waals surface area contributed by atoms with E-state index in [-0.39, 0.29) is 5.41 Å². The highest BCUT2D eigenvalue weighted by atomic mass is 15.5. The lowest BCUT2D eigenvalue weighted by molar-refractivity contribution is 0.255. The van der Waals surface area contributed by atoms with Gasteiger partial charge in [0.2, 0.25) is 0 Å². The van der Waals surface area contributed by atoms with Gasteiger partial charge in [0.1, 0.15) is 0 Å². The average molecular weight is 196 g/mol. The summed E-state index contributed by atoms with van der Waals surface area (Å²) in [6, 6.07) is 0. The Morgan fingerprint density at radius 1 is 1.50 bits per heavy atom. The van der Waals surface area contributed by atoms with Crippen LogP contribution in [0, 0.1) is 11.3 Å². The van der Waals surface area contributed by atoms with Crippen LogP contribution in [0.5, 0.6) is 0 Å². The summed E-state index contributed by atoms with van der Waals surface area (Å²) in [6.07, 6.45) is 6.00. The van der Waals surface area contributed by atoms with Crippen molar-refractivity contribution in [3.8, 4) is 0 Å². The van der Waals surface area contributed by atoms with Gasteiger partial charge in [0.05, 0.1) is 0 Å². The van der Waals surface area contributed by atoms with Crippen LogP contribution >= 0.6 is 0 Å². The van der Waals surface area contributed by atoms with Crippen LogP contribution in [0.25, 0.3) is 0 Å². The Hall–Kier alpha value is -0.530. The Kier molecular flexibility index (Phi) is 3.97. The van der Waals surface area contributed by atoms with Gasteiger partial charge in [-0.25, -0.2) is 0 Å². The molecule has 1 unspecified atom stereocenters. The topological polar surface area (TPSA) is 15.6 Å². The van der Waals surface area contributed by atoms with Crippen molar-refractivity contribution in [3.63, 3.8) is 0 Å². The van der Waals surface area contributed by atoms with E-state index in [1.165, 1.54) is 19.3 Å². The van der Waals surface area contributed by atoms with Crippen LogP contribution in [0.15, 0.2) is 5.10 Å². The Balaban J connectivity index is 2.13. The van der Waals surface area contributed by atoms with Crippen LogP contribution in [-0.2, 0) is 0 Å². The van der Waals surface area contributed by atoms with Crippen LogP contribution in [0.4, 0.5) is 0 Å². The second kappa shape index (κ2) is 4.81. The van der Waals surface area contributed by atoms with E-state index in [1.807, 2.05) is 0 Å². The van der Waals surface area contributed by atoms with E-state index in [2.05, 4.69) is 44.0 Å². The number of hydrogen-bond acceptors (Lipinski definition) is 2. The number of hydrazone groups is 1. The van der Waals surface area contributed by atoms with E-state index in [4.69, 9.17) is 0 Å². The summed E-state index contributed by atoms with van der Waals surface area (Å²) >= 11 is 0. The SMILES string of the molecule is CCC(C)CCCN1CC(C)(C)C=N1. The first-order chi connectivity index (χ1) is 6.53. The quantitative estimate of drug-likeness (QED) is 0.659. The minimum absolute atomic E-state index is 0.288. The first-order valence-electron chi connectivity index (χ1n) is 5.83. The van der Waals surface area contributed by atoms with Crippen LogP contribution < -0.4 is 0 Å². The van der Waals surface area contributed by atoms with Gasteiger partial charge < -0.3 is 0 Å². The number of nitrogens with zero attached hydrogens (tertiary/aromatic N) is 2. The second-order valence-electron chi connectivity index (χ2n) is 5.28. The predicted molar refractivity (Wildman–Crippen MR) is 62.5 cm³/mol. The zero-order valence-electron chi connectivity index (χ0n) is 10.1. The Labute approximate surface area is 88.4 Å². The molecular weight excluding hydrogens is 172 g/mol. The molecule has 1 rings (SSSR count). The summed E-state index contributed by atoms with van der Waals surface area (Å²) < 4.78 is 0. The normalized spacial score (nSPS) is 21.6. The van der Waals surface area contributed by atoms with Gasteiger partial charge in [-0.3, -0.25) is 5.01 Å². The molecule has 0 saturated heterocycles. The van der Waals surface area contributed by atoms with Crippen LogP contribution in [0.1, 0.15) is 47.0 Å². The molecule has 0 aliphatic carbocycles. The van der Waals surface area contributed by atoms with Gasteiger partial charge in [-0.2, -0.15) is 5.10 Å². The predicted octanol–water partition coefficient (Wildman–Crippen LogP) is 3.14. The van der Waals surface area contributed by atoms with E-state index in [9.17, 15) is 0 Å². The highest BCUT2D eigenvalue weighted by Crippen LogP contribution is 2.21. The van der Waals surface area contributed by atoms with Crippen LogP contribution in [0.3, 0.4) is 0 Å². The van der Waals surface area contributed by atoms with Crippen molar-refractivity contribution >= 4 is 6.21 Å². The molecule has 1 atom stereocenters. The highest BCUT2D eigenvalue weighted by molar-refractivity contribution is 5.66. The molecule has 0 aromatic heterocycles. The maximum Gasteiger partial charge on any atom is 0.0461 e. The summed E-state index contributed by atoms with van der Waals surface area (Å²) in [4.78, 5) is 0. The molecule has 0 spiro atoms. The smallest absolute Gasteiger partial charge is 0.0461 e. The minimum Gasteiger partial charge on any atom is -0.296 e. The number of hydrogen-bond donors (Lipinski definition) is 0. The van der Waals surface area contributed by atoms with Crippen molar-refractivity contribution in [1.29, 1.82) is 0 Å². The van der Waals surface area contributed by atoms with E-state index in [1.54, 1.807) is 0 Å². The van der Waals surface area contributed by atoms with Gasteiger partial charge in [0.25, 0.3) is 0 Å². The lowest BCUT2D eigenvalue weighted by Gasteiger charge is -2.19. The molecule has 2 heteroatoms. The first-order valence-corrected chi connectivity index (χ1v) is 5.83. The Morgan fingerprint density at radius 2 is 2.21 bits per heavy atom. The van der Waals surface area contributed by atoms with E-state index >= 15 is 0 Å². The third kappa shape index (κ3) is 3.69. The molecule has 0 saturated carbocycles. The molecule has 0 aromatic rings. The molecule has 0 aromatic carbocycles. The number of rotatable bonds is 5. The van der Waals surface area contributed by atoms with Gasteiger partial charge in [-0.05, 0) is 18.8 Å². The minimum atomic E-state index is 0.288. The maximum absolute atomic E-state index is 4.42. The maximum atomic E-state index is 4.42.